The van der Waals surface area contributed by atoms with E-state index in [4.69, 9.17) is 0 Å². The minimum atomic E-state index is -2.97. The zero-order chi connectivity index (χ0) is 11.6. The van der Waals surface area contributed by atoms with Gasteiger partial charge in [0.15, 0.2) is 9.84 Å². The predicted molar refractivity (Wildman–Crippen MR) is 60.9 cm³/mol. The van der Waals surface area contributed by atoms with Crippen molar-refractivity contribution in [3.05, 3.63) is 30.3 Å². The number of hydrogen-bond donors (Lipinski definition) is 0. The molecule has 1 aromatic rings. The summed E-state index contributed by atoms with van der Waals surface area (Å²) in [4.78, 5) is 12.5. The van der Waals surface area contributed by atoms with E-state index in [2.05, 4.69) is 6.07 Å². The predicted octanol–water partition coefficient (Wildman–Crippen LogP) is 0.637. The molecule has 16 heavy (non-hydrogen) atoms. The van der Waals surface area contributed by atoms with Gasteiger partial charge in [0, 0.05) is 5.69 Å². The molecular weight excluding hydrogens is 226 g/mol. The Morgan fingerprint density at radius 3 is 2.56 bits per heavy atom. The Labute approximate surface area is 94.8 Å². The van der Waals surface area contributed by atoms with Crippen molar-refractivity contribution >= 4 is 21.9 Å². The second-order valence-corrected chi connectivity index (χ2v) is 6.06. The van der Waals surface area contributed by atoms with Gasteiger partial charge in [-0.2, -0.15) is 0 Å². The van der Waals surface area contributed by atoms with Gasteiger partial charge in [-0.15, -0.1) is 0 Å². The summed E-state index contributed by atoms with van der Waals surface area (Å²) in [6, 6.07) is 9.53. The third-order valence-corrected chi connectivity index (χ3v) is 4.46. The first-order valence-corrected chi connectivity index (χ1v) is 6.85. The zero-order valence-electron chi connectivity index (χ0n) is 8.67. The molecular formula is C11H12NO3S. The molecule has 1 saturated heterocycles. The molecule has 1 radical (unpaired) electrons. The fourth-order valence-corrected chi connectivity index (χ4v) is 3.61. The molecule has 1 amide bonds. The molecule has 2 rings (SSSR count). The van der Waals surface area contributed by atoms with Crippen molar-refractivity contribution in [1.82, 2.24) is 0 Å². The van der Waals surface area contributed by atoms with Crippen LogP contribution in [0, 0.1) is 6.07 Å². The van der Waals surface area contributed by atoms with Crippen LogP contribution in [0.1, 0.15) is 6.42 Å². The number of nitrogens with zero attached hydrogens (tertiary/aromatic N) is 1. The number of amides is 1. The largest absolute Gasteiger partial charge is 0.311 e. The van der Waals surface area contributed by atoms with Gasteiger partial charge in [0.25, 0.3) is 0 Å². The lowest BCUT2D eigenvalue weighted by Crippen LogP contribution is -2.34. The summed E-state index contributed by atoms with van der Waals surface area (Å²) in [5.41, 5.74) is 0.718. The van der Waals surface area contributed by atoms with Crippen LogP contribution in [-0.4, -0.2) is 32.4 Å². The second-order valence-electron chi connectivity index (χ2n) is 3.83. The van der Waals surface area contributed by atoms with Gasteiger partial charge in [-0.3, -0.25) is 4.79 Å². The van der Waals surface area contributed by atoms with Crippen molar-refractivity contribution in [3.8, 4) is 0 Å². The molecule has 1 unspecified atom stereocenters. The standard InChI is InChI=1S/C11H12NO3S/c13-9-12(10-4-2-1-3-5-10)11-6-7-16(14,15)8-11/h2-5,9,11H,6-8H2. The molecule has 1 aromatic carbocycles. The van der Waals surface area contributed by atoms with Crippen LogP contribution < -0.4 is 4.90 Å². The van der Waals surface area contributed by atoms with Crippen molar-refractivity contribution in [2.24, 2.45) is 0 Å². The van der Waals surface area contributed by atoms with Crippen LogP contribution in [-0.2, 0) is 14.6 Å². The number of carbonyl (C=O) groups excluding carboxylic acids is 1. The molecule has 0 spiro atoms. The highest BCUT2D eigenvalue weighted by Crippen LogP contribution is 2.22. The molecule has 1 atom stereocenters. The minimum Gasteiger partial charge on any atom is -0.311 e. The second kappa shape index (κ2) is 4.25. The zero-order valence-corrected chi connectivity index (χ0v) is 9.48. The molecule has 85 valence electrons. The van der Waals surface area contributed by atoms with Crippen LogP contribution in [0.4, 0.5) is 5.69 Å². The number of rotatable bonds is 3. The van der Waals surface area contributed by atoms with E-state index in [9.17, 15) is 13.2 Å². The van der Waals surface area contributed by atoms with Crippen LogP contribution in [0.15, 0.2) is 24.3 Å². The Morgan fingerprint density at radius 1 is 1.38 bits per heavy atom. The molecule has 5 heteroatoms. The maximum absolute atomic E-state index is 11.3. The normalized spacial score (nSPS) is 22.9. The Kier molecular flexibility index (Phi) is 2.96. The van der Waals surface area contributed by atoms with E-state index in [1.165, 1.54) is 4.90 Å². The first kappa shape index (κ1) is 11.1. The van der Waals surface area contributed by atoms with Crippen molar-refractivity contribution in [2.75, 3.05) is 16.4 Å². The Morgan fingerprint density at radius 2 is 2.06 bits per heavy atom. The summed E-state index contributed by atoms with van der Waals surface area (Å²) in [5, 5.41) is 0. The topological polar surface area (TPSA) is 54.5 Å². The Bertz CT molecular complexity index is 469. The number of sulfone groups is 1. The molecule has 0 aromatic heterocycles. The number of carbonyl (C=O) groups is 1. The molecule has 0 aliphatic carbocycles. The number of hydrogen-bond acceptors (Lipinski definition) is 3. The van der Waals surface area contributed by atoms with Crippen LogP contribution in [0.25, 0.3) is 0 Å². The molecule has 0 saturated carbocycles. The van der Waals surface area contributed by atoms with Crippen LogP contribution in [0.5, 0.6) is 0 Å². The molecule has 0 bridgehead atoms. The minimum absolute atomic E-state index is 0.0599. The molecule has 4 nitrogen and oxygen atoms in total. The fourth-order valence-electron chi connectivity index (χ4n) is 1.90. The van der Waals surface area contributed by atoms with Gasteiger partial charge >= 0.3 is 0 Å². The van der Waals surface area contributed by atoms with Gasteiger partial charge in [-0.05, 0) is 24.6 Å². The fraction of sp³-hybridized carbons (Fsp3) is 0.364. The lowest BCUT2D eigenvalue weighted by Gasteiger charge is -2.23. The number of anilines is 1. The summed E-state index contributed by atoms with van der Waals surface area (Å²) in [6.07, 6.45) is 1.21. The maximum atomic E-state index is 11.3. The lowest BCUT2D eigenvalue weighted by molar-refractivity contribution is -0.107. The summed E-state index contributed by atoms with van der Waals surface area (Å²) < 4.78 is 22.7. The first-order valence-electron chi connectivity index (χ1n) is 5.02. The highest BCUT2D eigenvalue weighted by molar-refractivity contribution is 7.91. The highest BCUT2D eigenvalue weighted by Gasteiger charge is 2.32. The van der Waals surface area contributed by atoms with Crippen molar-refractivity contribution in [1.29, 1.82) is 0 Å². The van der Waals surface area contributed by atoms with Gasteiger partial charge in [0.2, 0.25) is 6.41 Å². The summed E-state index contributed by atoms with van der Waals surface area (Å²) >= 11 is 0. The van der Waals surface area contributed by atoms with Crippen molar-refractivity contribution in [2.45, 2.75) is 12.5 Å². The maximum Gasteiger partial charge on any atom is 0.214 e. The average Bonchev–Trinajstić information content (AvgIpc) is 2.62. The Hall–Kier alpha value is -1.36. The molecule has 1 fully saturated rings. The van der Waals surface area contributed by atoms with Crippen LogP contribution >= 0.6 is 0 Å². The molecule has 1 aliphatic rings. The summed E-state index contributed by atoms with van der Waals surface area (Å²) in [5.74, 6) is 0.227. The SMILES string of the molecule is O=CN(c1cc[c]cc1)C1CCS(=O)(=O)C1. The summed E-state index contributed by atoms with van der Waals surface area (Å²) in [6.45, 7) is 0. The molecule has 1 heterocycles. The smallest absolute Gasteiger partial charge is 0.214 e. The quantitative estimate of drug-likeness (QED) is 0.726. The average molecular weight is 238 g/mol. The van der Waals surface area contributed by atoms with Gasteiger partial charge in [0.1, 0.15) is 0 Å². The van der Waals surface area contributed by atoms with Gasteiger partial charge in [-0.1, -0.05) is 12.1 Å². The molecule has 1 aliphatic heterocycles. The van der Waals surface area contributed by atoms with Gasteiger partial charge < -0.3 is 4.90 Å². The van der Waals surface area contributed by atoms with Gasteiger partial charge in [0.05, 0.1) is 17.5 Å². The van der Waals surface area contributed by atoms with E-state index in [1.54, 1.807) is 24.3 Å². The van der Waals surface area contributed by atoms with Crippen LogP contribution in [0.2, 0.25) is 0 Å². The summed E-state index contributed by atoms with van der Waals surface area (Å²) in [7, 11) is -2.97. The van der Waals surface area contributed by atoms with E-state index in [-0.39, 0.29) is 17.5 Å². The monoisotopic (exact) mass is 238 g/mol. The lowest BCUT2D eigenvalue weighted by atomic mass is 10.2. The number of benzene rings is 1. The van der Waals surface area contributed by atoms with E-state index in [0.29, 0.717) is 12.8 Å². The highest BCUT2D eigenvalue weighted by atomic mass is 32.2. The van der Waals surface area contributed by atoms with Crippen LogP contribution in [0.3, 0.4) is 0 Å². The van der Waals surface area contributed by atoms with Crippen molar-refractivity contribution < 1.29 is 13.2 Å². The van der Waals surface area contributed by atoms with Crippen molar-refractivity contribution in [3.63, 3.8) is 0 Å². The Balaban J connectivity index is 2.22. The third kappa shape index (κ3) is 2.24. The van der Waals surface area contributed by atoms with E-state index < -0.39 is 9.84 Å². The third-order valence-electron chi connectivity index (χ3n) is 2.71. The van der Waals surface area contributed by atoms with E-state index in [1.807, 2.05) is 0 Å². The first-order chi connectivity index (χ1) is 7.62. The van der Waals surface area contributed by atoms with Gasteiger partial charge in [-0.25, -0.2) is 8.42 Å². The molecule has 0 N–H and O–H groups in total. The van der Waals surface area contributed by atoms with E-state index >= 15 is 0 Å². The van der Waals surface area contributed by atoms with E-state index in [0.717, 1.165) is 5.69 Å².